The first-order chi connectivity index (χ1) is 8.90. The molecule has 0 amide bonds. The molecule has 0 saturated carbocycles. The number of aryl methyl sites for hydroxylation is 4. The molecule has 0 atom stereocenters. The van der Waals surface area contributed by atoms with Gasteiger partial charge in [0.2, 0.25) is 0 Å². The van der Waals surface area contributed by atoms with E-state index in [1.807, 2.05) is 45.9 Å². The first-order valence-corrected chi connectivity index (χ1v) is 6.39. The van der Waals surface area contributed by atoms with Crippen molar-refractivity contribution >= 4 is 11.5 Å². The highest BCUT2D eigenvalue weighted by atomic mass is 16.1. The van der Waals surface area contributed by atoms with Gasteiger partial charge in [-0.3, -0.25) is 4.79 Å². The van der Waals surface area contributed by atoms with Crippen molar-refractivity contribution in [3.8, 4) is 0 Å². The van der Waals surface area contributed by atoms with Gasteiger partial charge >= 0.3 is 0 Å². The maximum absolute atomic E-state index is 12.6. The molecule has 0 fully saturated rings. The smallest absolute Gasteiger partial charge is 0.193 e. The number of hydrogen-bond donors (Lipinski definition) is 1. The van der Waals surface area contributed by atoms with Gasteiger partial charge in [0.15, 0.2) is 5.78 Å². The lowest BCUT2D eigenvalue weighted by Gasteiger charge is -2.11. The molecular formula is C17H19NO. The van der Waals surface area contributed by atoms with Crippen LogP contribution < -0.4 is 5.73 Å². The van der Waals surface area contributed by atoms with Crippen molar-refractivity contribution in [2.75, 3.05) is 5.73 Å². The van der Waals surface area contributed by atoms with Gasteiger partial charge in [-0.15, -0.1) is 0 Å². The highest BCUT2D eigenvalue weighted by molar-refractivity contribution is 6.11. The van der Waals surface area contributed by atoms with E-state index in [1.54, 1.807) is 12.1 Å². The van der Waals surface area contributed by atoms with Gasteiger partial charge in [0.25, 0.3) is 0 Å². The number of carbonyl (C=O) groups excluding carboxylic acids is 1. The normalized spacial score (nSPS) is 10.5. The van der Waals surface area contributed by atoms with Crippen molar-refractivity contribution in [2.24, 2.45) is 0 Å². The van der Waals surface area contributed by atoms with Gasteiger partial charge in [0, 0.05) is 16.8 Å². The first kappa shape index (κ1) is 13.3. The molecule has 2 nitrogen and oxygen atoms in total. The summed E-state index contributed by atoms with van der Waals surface area (Å²) in [6.45, 7) is 7.93. The highest BCUT2D eigenvalue weighted by Crippen LogP contribution is 2.22. The number of rotatable bonds is 2. The average Bonchev–Trinajstić information content (AvgIpc) is 2.31. The number of carbonyl (C=O) groups is 1. The molecule has 98 valence electrons. The van der Waals surface area contributed by atoms with E-state index in [-0.39, 0.29) is 5.78 Å². The molecule has 19 heavy (non-hydrogen) atoms. The van der Waals surface area contributed by atoms with Crippen LogP contribution in [0.3, 0.4) is 0 Å². The summed E-state index contributed by atoms with van der Waals surface area (Å²) in [6, 6.07) is 9.54. The lowest BCUT2D eigenvalue weighted by Crippen LogP contribution is -2.07. The fourth-order valence-electron chi connectivity index (χ4n) is 2.50. The topological polar surface area (TPSA) is 43.1 Å². The number of anilines is 1. The number of benzene rings is 2. The average molecular weight is 253 g/mol. The van der Waals surface area contributed by atoms with E-state index in [0.29, 0.717) is 11.3 Å². The molecule has 0 aliphatic heterocycles. The minimum absolute atomic E-state index is 0.0677. The number of hydrogen-bond acceptors (Lipinski definition) is 2. The highest BCUT2D eigenvalue weighted by Gasteiger charge is 2.15. The second-order valence-electron chi connectivity index (χ2n) is 5.17. The monoisotopic (exact) mass is 253 g/mol. The van der Waals surface area contributed by atoms with E-state index in [1.165, 1.54) is 5.56 Å². The van der Waals surface area contributed by atoms with Crippen LogP contribution in [0.2, 0.25) is 0 Å². The lowest BCUT2D eigenvalue weighted by atomic mass is 9.92. The molecule has 0 spiro atoms. The third-order valence-corrected chi connectivity index (χ3v) is 3.44. The Kier molecular flexibility index (Phi) is 3.43. The molecule has 2 heteroatoms. The Morgan fingerprint density at radius 1 is 0.895 bits per heavy atom. The third-order valence-electron chi connectivity index (χ3n) is 3.44. The van der Waals surface area contributed by atoms with E-state index in [0.717, 1.165) is 22.3 Å². The Labute approximate surface area is 114 Å². The van der Waals surface area contributed by atoms with Gasteiger partial charge in [-0.05, 0) is 62.6 Å². The fraction of sp³-hybridized carbons (Fsp3) is 0.235. The molecule has 0 unspecified atom stereocenters. The summed E-state index contributed by atoms with van der Waals surface area (Å²) in [7, 11) is 0. The predicted molar refractivity (Wildman–Crippen MR) is 79.7 cm³/mol. The van der Waals surface area contributed by atoms with Gasteiger partial charge in [-0.1, -0.05) is 17.7 Å². The van der Waals surface area contributed by atoms with E-state index < -0.39 is 0 Å². The number of ketones is 1. The summed E-state index contributed by atoms with van der Waals surface area (Å²) >= 11 is 0. The molecule has 0 saturated heterocycles. The zero-order valence-corrected chi connectivity index (χ0v) is 11.9. The SMILES string of the molecule is Cc1cc(C)c(C(=O)c2ccc(N)c(C)c2)c(C)c1. The Morgan fingerprint density at radius 2 is 1.47 bits per heavy atom. The van der Waals surface area contributed by atoms with Crippen LogP contribution in [0.1, 0.15) is 38.2 Å². The van der Waals surface area contributed by atoms with Crippen LogP contribution in [-0.4, -0.2) is 5.78 Å². The number of nitrogen functional groups attached to an aromatic ring is 1. The predicted octanol–water partition coefficient (Wildman–Crippen LogP) is 3.73. The Morgan fingerprint density at radius 3 is 2.00 bits per heavy atom. The molecule has 2 aromatic carbocycles. The Bertz CT molecular complexity index is 633. The van der Waals surface area contributed by atoms with Crippen LogP contribution in [0.15, 0.2) is 30.3 Å². The Balaban J connectivity index is 2.53. The minimum atomic E-state index is 0.0677. The molecule has 0 heterocycles. The Hall–Kier alpha value is -2.09. The quantitative estimate of drug-likeness (QED) is 0.654. The van der Waals surface area contributed by atoms with Crippen molar-refractivity contribution in [3.05, 3.63) is 63.7 Å². The summed E-state index contributed by atoms with van der Waals surface area (Å²) in [5.74, 6) is 0.0677. The zero-order valence-electron chi connectivity index (χ0n) is 11.9. The molecule has 0 radical (unpaired) electrons. The summed E-state index contributed by atoms with van der Waals surface area (Å²) in [5, 5.41) is 0. The molecule has 0 bridgehead atoms. The second-order valence-corrected chi connectivity index (χ2v) is 5.17. The molecule has 2 aromatic rings. The van der Waals surface area contributed by atoms with Crippen LogP contribution in [-0.2, 0) is 0 Å². The van der Waals surface area contributed by atoms with E-state index in [4.69, 9.17) is 5.73 Å². The summed E-state index contributed by atoms with van der Waals surface area (Å²) in [4.78, 5) is 12.6. The van der Waals surface area contributed by atoms with E-state index in [2.05, 4.69) is 0 Å². The summed E-state index contributed by atoms with van der Waals surface area (Å²) in [6.07, 6.45) is 0. The van der Waals surface area contributed by atoms with Crippen LogP contribution in [0, 0.1) is 27.7 Å². The second kappa shape index (κ2) is 4.88. The maximum Gasteiger partial charge on any atom is 0.193 e. The molecule has 0 aliphatic rings. The lowest BCUT2D eigenvalue weighted by molar-refractivity contribution is 0.103. The van der Waals surface area contributed by atoms with Gasteiger partial charge in [-0.2, -0.15) is 0 Å². The zero-order chi connectivity index (χ0) is 14.2. The molecular weight excluding hydrogens is 234 g/mol. The molecule has 2 N–H and O–H groups in total. The van der Waals surface area contributed by atoms with Crippen LogP contribution in [0.4, 0.5) is 5.69 Å². The molecule has 0 aromatic heterocycles. The fourth-order valence-corrected chi connectivity index (χ4v) is 2.50. The van der Waals surface area contributed by atoms with Crippen LogP contribution in [0.5, 0.6) is 0 Å². The first-order valence-electron chi connectivity index (χ1n) is 6.39. The van der Waals surface area contributed by atoms with Crippen molar-refractivity contribution < 1.29 is 4.79 Å². The van der Waals surface area contributed by atoms with Crippen molar-refractivity contribution in [1.29, 1.82) is 0 Å². The van der Waals surface area contributed by atoms with E-state index in [9.17, 15) is 4.79 Å². The minimum Gasteiger partial charge on any atom is -0.399 e. The van der Waals surface area contributed by atoms with Crippen LogP contribution >= 0.6 is 0 Å². The van der Waals surface area contributed by atoms with Gasteiger partial charge in [-0.25, -0.2) is 0 Å². The largest absolute Gasteiger partial charge is 0.399 e. The van der Waals surface area contributed by atoms with Crippen LogP contribution in [0.25, 0.3) is 0 Å². The summed E-state index contributed by atoms with van der Waals surface area (Å²) in [5.41, 5.74) is 12.2. The van der Waals surface area contributed by atoms with Crippen molar-refractivity contribution in [2.45, 2.75) is 27.7 Å². The van der Waals surface area contributed by atoms with Crippen molar-refractivity contribution in [1.82, 2.24) is 0 Å². The van der Waals surface area contributed by atoms with Crippen molar-refractivity contribution in [3.63, 3.8) is 0 Å². The standard InChI is InChI=1S/C17H19NO/c1-10-7-12(3)16(13(4)8-10)17(19)14-5-6-15(18)11(2)9-14/h5-9H,18H2,1-4H3. The van der Waals surface area contributed by atoms with Gasteiger partial charge in [0.1, 0.15) is 0 Å². The van der Waals surface area contributed by atoms with E-state index >= 15 is 0 Å². The maximum atomic E-state index is 12.6. The molecule has 2 rings (SSSR count). The number of nitrogens with two attached hydrogens (primary N) is 1. The van der Waals surface area contributed by atoms with Gasteiger partial charge < -0.3 is 5.73 Å². The summed E-state index contributed by atoms with van der Waals surface area (Å²) < 4.78 is 0. The molecule has 0 aliphatic carbocycles. The third kappa shape index (κ3) is 2.53. The van der Waals surface area contributed by atoms with Gasteiger partial charge in [0.05, 0.1) is 0 Å².